The number of alkyl halides is 3. The Morgan fingerprint density at radius 3 is 2.58 bits per heavy atom. The number of nitrogens with one attached hydrogen (secondary N) is 1. The molecule has 0 aliphatic carbocycles. The first-order valence-electron chi connectivity index (χ1n) is 8.20. The summed E-state index contributed by atoms with van der Waals surface area (Å²) in [6.07, 6.45) is -1.84. The van der Waals surface area contributed by atoms with Crippen LogP contribution in [0.15, 0.2) is 24.3 Å². The SMILES string of the molecule is O=C1CC(NC2CCSCC2)CN1Cc1ccccc1C(F)(F)F. The number of halogens is 3. The van der Waals surface area contributed by atoms with Gasteiger partial charge in [-0.05, 0) is 36.0 Å². The van der Waals surface area contributed by atoms with Gasteiger partial charge in [0.2, 0.25) is 5.91 Å². The van der Waals surface area contributed by atoms with Crippen molar-refractivity contribution in [2.45, 2.75) is 44.1 Å². The van der Waals surface area contributed by atoms with Crippen LogP contribution in [0.1, 0.15) is 30.4 Å². The molecule has 2 aliphatic rings. The number of benzene rings is 1. The largest absolute Gasteiger partial charge is 0.416 e. The van der Waals surface area contributed by atoms with E-state index in [4.69, 9.17) is 0 Å². The highest BCUT2D eigenvalue weighted by Gasteiger charge is 2.36. The molecule has 2 fully saturated rings. The van der Waals surface area contributed by atoms with E-state index in [2.05, 4.69) is 5.32 Å². The second kappa shape index (κ2) is 7.35. The lowest BCUT2D eigenvalue weighted by molar-refractivity contribution is -0.139. The highest BCUT2D eigenvalue weighted by Crippen LogP contribution is 2.33. The molecule has 24 heavy (non-hydrogen) atoms. The van der Waals surface area contributed by atoms with E-state index in [1.165, 1.54) is 12.1 Å². The van der Waals surface area contributed by atoms with E-state index in [0.717, 1.165) is 30.4 Å². The van der Waals surface area contributed by atoms with Gasteiger partial charge in [-0.2, -0.15) is 24.9 Å². The van der Waals surface area contributed by atoms with Gasteiger partial charge in [0.1, 0.15) is 0 Å². The standard InChI is InChI=1S/C17H21F3N2OS/c18-17(19,20)15-4-2-1-3-12(15)10-22-11-14(9-16(22)23)21-13-5-7-24-8-6-13/h1-4,13-14,21H,5-11H2. The van der Waals surface area contributed by atoms with Crippen LogP contribution in [0.3, 0.4) is 0 Å². The zero-order valence-corrected chi connectivity index (χ0v) is 14.1. The second-order valence-electron chi connectivity index (χ2n) is 6.38. The van der Waals surface area contributed by atoms with Gasteiger partial charge in [0, 0.05) is 31.6 Å². The van der Waals surface area contributed by atoms with Gasteiger partial charge in [-0.25, -0.2) is 0 Å². The number of hydrogen-bond acceptors (Lipinski definition) is 3. The normalized spacial score (nSPS) is 23.0. The molecule has 0 saturated carbocycles. The summed E-state index contributed by atoms with van der Waals surface area (Å²) in [4.78, 5) is 13.7. The minimum Gasteiger partial charge on any atom is -0.337 e. The van der Waals surface area contributed by atoms with Gasteiger partial charge in [-0.1, -0.05) is 18.2 Å². The summed E-state index contributed by atoms with van der Waals surface area (Å²) in [5, 5.41) is 3.51. The van der Waals surface area contributed by atoms with Crippen molar-refractivity contribution in [2.24, 2.45) is 0 Å². The Labute approximate surface area is 144 Å². The Hall–Kier alpha value is -1.21. The number of thioether (sulfide) groups is 1. The zero-order chi connectivity index (χ0) is 17.2. The molecular formula is C17H21F3N2OS. The second-order valence-corrected chi connectivity index (χ2v) is 7.61. The van der Waals surface area contributed by atoms with Crippen LogP contribution >= 0.6 is 11.8 Å². The first-order chi connectivity index (χ1) is 11.4. The molecule has 1 N–H and O–H groups in total. The smallest absolute Gasteiger partial charge is 0.337 e. The zero-order valence-electron chi connectivity index (χ0n) is 13.3. The summed E-state index contributed by atoms with van der Waals surface area (Å²) in [6.45, 7) is 0.502. The van der Waals surface area contributed by atoms with Gasteiger partial charge in [-0.3, -0.25) is 4.79 Å². The molecule has 2 aliphatic heterocycles. The molecule has 2 saturated heterocycles. The lowest BCUT2D eigenvalue weighted by atomic mass is 10.1. The van der Waals surface area contributed by atoms with E-state index >= 15 is 0 Å². The summed E-state index contributed by atoms with van der Waals surface area (Å²) in [5.41, 5.74) is -0.494. The maximum absolute atomic E-state index is 13.1. The third-order valence-corrected chi connectivity index (χ3v) is 5.64. The predicted octanol–water partition coefficient (Wildman–Crippen LogP) is 3.29. The van der Waals surface area contributed by atoms with E-state index in [-0.39, 0.29) is 24.1 Å². The van der Waals surface area contributed by atoms with Crippen LogP contribution in [0.25, 0.3) is 0 Å². The Morgan fingerprint density at radius 2 is 1.88 bits per heavy atom. The van der Waals surface area contributed by atoms with Crippen molar-refractivity contribution in [2.75, 3.05) is 18.1 Å². The number of amides is 1. The van der Waals surface area contributed by atoms with E-state index in [1.807, 2.05) is 11.8 Å². The van der Waals surface area contributed by atoms with Crippen LogP contribution in [-0.4, -0.2) is 40.9 Å². The number of carbonyl (C=O) groups is 1. The highest BCUT2D eigenvalue weighted by molar-refractivity contribution is 7.99. The third kappa shape index (κ3) is 4.25. The van der Waals surface area contributed by atoms with E-state index in [0.29, 0.717) is 19.0 Å². The molecule has 1 aromatic rings. The molecule has 1 aromatic carbocycles. The van der Waals surface area contributed by atoms with E-state index < -0.39 is 11.7 Å². The average molecular weight is 358 g/mol. The van der Waals surface area contributed by atoms with Crippen molar-refractivity contribution in [1.82, 2.24) is 10.2 Å². The van der Waals surface area contributed by atoms with Crippen molar-refractivity contribution >= 4 is 17.7 Å². The third-order valence-electron chi connectivity index (χ3n) is 4.59. The quantitative estimate of drug-likeness (QED) is 0.896. The molecule has 0 aromatic heterocycles. The monoisotopic (exact) mass is 358 g/mol. The minimum absolute atomic E-state index is 0.0210. The topological polar surface area (TPSA) is 32.3 Å². The van der Waals surface area contributed by atoms with Crippen molar-refractivity contribution < 1.29 is 18.0 Å². The molecular weight excluding hydrogens is 337 g/mol. The molecule has 3 nitrogen and oxygen atoms in total. The number of likely N-dealkylation sites (tertiary alicyclic amines) is 1. The Bertz CT molecular complexity index is 587. The molecule has 1 unspecified atom stereocenters. The summed E-state index contributed by atoms with van der Waals surface area (Å²) in [7, 11) is 0. The fraction of sp³-hybridized carbons (Fsp3) is 0.588. The van der Waals surface area contributed by atoms with Crippen molar-refractivity contribution in [3.63, 3.8) is 0 Å². The Kier molecular flexibility index (Phi) is 5.39. The van der Waals surface area contributed by atoms with Gasteiger partial charge in [0.25, 0.3) is 0 Å². The van der Waals surface area contributed by atoms with Gasteiger partial charge < -0.3 is 10.2 Å². The van der Waals surface area contributed by atoms with Crippen LogP contribution in [-0.2, 0) is 17.5 Å². The van der Waals surface area contributed by atoms with Crippen molar-refractivity contribution in [1.29, 1.82) is 0 Å². The number of carbonyl (C=O) groups excluding carboxylic acids is 1. The Morgan fingerprint density at radius 1 is 1.17 bits per heavy atom. The summed E-state index contributed by atoms with van der Waals surface area (Å²) < 4.78 is 39.3. The van der Waals surface area contributed by atoms with Crippen LogP contribution < -0.4 is 5.32 Å². The molecule has 2 heterocycles. The fourth-order valence-corrected chi connectivity index (χ4v) is 4.48. The first kappa shape index (κ1) is 17.6. The van der Waals surface area contributed by atoms with E-state index in [9.17, 15) is 18.0 Å². The minimum atomic E-state index is -4.39. The van der Waals surface area contributed by atoms with Crippen LogP contribution in [0.4, 0.5) is 13.2 Å². The van der Waals surface area contributed by atoms with Crippen LogP contribution in [0.5, 0.6) is 0 Å². The predicted molar refractivity (Wildman–Crippen MR) is 88.7 cm³/mol. The molecule has 7 heteroatoms. The number of hydrogen-bond donors (Lipinski definition) is 1. The number of rotatable bonds is 4. The van der Waals surface area contributed by atoms with Gasteiger partial charge in [0.15, 0.2) is 0 Å². The lowest BCUT2D eigenvalue weighted by Gasteiger charge is -2.26. The first-order valence-corrected chi connectivity index (χ1v) is 9.35. The lowest BCUT2D eigenvalue weighted by Crippen LogP contribution is -2.41. The maximum Gasteiger partial charge on any atom is 0.416 e. The van der Waals surface area contributed by atoms with Crippen molar-refractivity contribution in [3.8, 4) is 0 Å². The molecule has 132 valence electrons. The molecule has 0 bridgehead atoms. The molecule has 0 spiro atoms. The molecule has 3 rings (SSSR count). The number of nitrogens with zero attached hydrogens (tertiary/aromatic N) is 1. The van der Waals surface area contributed by atoms with Crippen LogP contribution in [0, 0.1) is 0 Å². The Balaban J connectivity index is 1.63. The molecule has 1 atom stereocenters. The highest BCUT2D eigenvalue weighted by atomic mass is 32.2. The average Bonchev–Trinajstić information content (AvgIpc) is 2.87. The fourth-order valence-electron chi connectivity index (χ4n) is 3.37. The van der Waals surface area contributed by atoms with E-state index in [1.54, 1.807) is 11.0 Å². The molecule has 0 radical (unpaired) electrons. The van der Waals surface area contributed by atoms with Crippen LogP contribution in [0.2, 0.25) is 0 Å². The van der Waals surface area contributed by atoms with Gasteiger partial charge in [-0.15, -0.1) is 0 Å². The maximum atomic E-state index is 13.1. The summed E-state index contributed by atoms with van der Waals surface area (Å²) in [6, 6.07) is 5.96. The van der Waals surface area contributed by atoms with Crippen molar-refractivity contribution in [3.05, 3.63) is 35.4 Å². The van der Waals surface area contributed by atoms with Gasteiger partial charge >= 0.3 is 6.18 Å². The summed E-state index contributed by atoms with van der Waals surface area (Å²) >= 11 is 1.94. The molecule has 1 amide bonds. The van der Waals surface area contributed by atoms with Gasteiger partial charge in [0.05, 0.1) is 5.56 Å². The summed E-state index contributed by atoms with van der Waals surface area (Å²) in [5.74, 6) is 2.18.